The molecule has 1 aliphatic heterocycles. The van der Waals surface area contributed by atoms with Gasteiger partial charge >= 0.3 is 0 Å². The molecule has 1 amide bonds. The van der Waals surface area contributed by atoms with Crippen LogP contribution in [-0.4, -0.2) is 33.3 Å². The van der Waals surface area contributed by atoms with Crippen LogP contribution in [0.3, 0.4) is 0 Å². The third-order valence-corrected chi connectivity index (χ3v) is 3.95. The Bertz CT molecular complexity index is 796. The number of aliphatic imine (C=N–C) groups is 1. The maximum Gasteiger partial charge on any atom is 0.281 e. The van der Waals surface area contributed by atoms with Gasteiger partial charge in [0.2, 0.25) is 12.1 Å². The van der Waals surface area contributed by atoms with E-state index in [-0.39, 0.29) is 17.1 Å². The first-order chi connectivity index (χ1) is 10.7. The van der Waals surface area contributed by atoms with E-state index in [1.807, 2.05) is 0 Å². The number of carbonyl (C=O) groups is 1. The van der Waals surface area contributed by atoms with Crippen molar-refractivity contribution >= 4 is 22.8 Å². The Hall–Kier alpha value is -2.66. The van der Waals surface area contributed by atoms with Crippen molar-refractivity contribution in [1.82, 2.24) is 9.88 Å². The highest BCUT2D eigenvalue weighted by molar-refractivity contribution is 8.14. The summed E-state index contributed by atoms with van der Waals surface area (Å²) in [6, 6.07) is 6.01. The van der Waals surface area contributed by atoms with Crippen LogP contribution in [0.4, 0.5) is 4.39 Å². The molecule has 0 N–H and O–H groups in total. The molecule has 0 atom stereocenters. The fourth-order valence-electron chi connectivity index (χ4n) is 1.99. The summed E-state index contributed by atoms with van der Waals surface area (Å²) >= 11 is 1.32. The van der Waals surface area contributed by atoms with Crippen molar-refractivity contribution in [3.8, 4) is 17.6 Å². The van der Waals surface area contributed by atoms with Crippen molar-refractivity contribution < 1.29 is 13.6 Å². The SMILES string of the molecule is N#CN=C1SCCN1C(=O)c1coc(-c2ccccc2F)n1. The molecule has 1 aliphatic rings. The fraction of sp³-hybridized carbons (Fsp3) is 0.143. The fourth-order valence-corrected chi connectivity index (χ4v) is 2.89. The topological polar surface area (TPSA) is 82.5 Å². The first kappa shape index (κ1) is 14.3. The second-order valence-electron chi connectivity index (χ2n) is 4.32. The molecular weight excluding hydrogens is 307 g/mol. The quantitative estimate of drug-likeness (QED) is 0.795. The van der Waals surface area contributed by atoms with Crippen molar-refractivity contribution in [2.24, 2.45) is 4.99 Å². The van der Waals surface area contributed by atoms with Gasteiger partial charge in [-0.3, -0.25) is 9.69 Å². The van der Waals surface area contributed by atoms with Gasteiger partial charge < -0.3 is 4.42 Å². The molecule has 110 valence electrons. The number of benzene rings is 1. The van der Waals surface area contributed by atoms with Crippen LogP contribution in [0.25, 0.3) is 11.5 Å². The van der Waals surface area contributed by atoms with Gasteiger partial charge in [-0.15, -0.1) is 4.99 Å². The highest BCUT2D eigenvalue weighted by Crippen LogP contribution is 2.24. The summed E-state index contributed by atoms with van der Waals surface area (Å²) in [5.74, 6) is -0.214. The van der Waals surface area contributed by atoms with Gasteiger partial charge in [-0.25, -0.2) is 9.37 Å². The molecule has 3 rings (SSSR count). The molecule has 2 heterocycles. The van der Waals surface area contributed by atoms with Crippen LogP contribution in [0, 0.1) is 17.3 Å². The number of carbonyl (C=O) groups excluding carboxylic acids is 1. The summed E-state index contributed by atoms with van der Waals surface area (Å²) in [6.45, 7) is 0.436. The number of hydrogen-bond donors (Lipinski definition) is 0. The minimum Gasteiger partial charge on any atom is -0.444 e. The summed E-state index contributed by atoms with van der Waals surface area (Å²) in [5, 5.41) is 8.95. The van der Waals surface area contributed by atoms with Gasteiger partial charge in [0.05, 0.1) is 5.56 Å². The minimum absolute atomic E-state index is 0.0343. The summed E-state index contributed by atoms with van der Waals surface area (Å²) in [6.07, 6.45) is 2.84. The summed E-state index contributed by atoms with van der Waals surface area (Å²) in [7, 11) is 0. The van der Waals surface area contributed by atoms with Gasteiger partial charge in [-0.1, -0.05) is 23.9 Å². The van der Waals surface area contributed by atoms with Crippen molar-refractivity contribution in [2.75, 3.05) is 12.3 Å². The molecule has 0 bridgehead atoms. The van der Waals surface area contributed by atoms with Gasteiger partial charge in [0.15, 0.2) is 10.9 Å². The second kappa shape index (κ2) is 5.99. The van der Waals surface area contributed by atoms with Crippen molar-refractivity contribution in [1.29, 1.82) is 5.26 Å². The smallest absolute Gasteiger partial charge is 0.281 e. The van der Waals surface area contributed by atoms with Crippen LogP contribution in [0.2, 0.25) is 0 Å². The third-order valence-electron chi connectivity index (χ3n) is 3.00. The van der Waals surface area contributed by atoms with Crippen LogP contribution in [-0.2, 0) is 0 Å². The standard InChI is InChI=1S/C14H9FN4O2S/c15-10-4-2-1-3-9(10)12-18-11(7-21-12)13(20)19-5-6-22-14(19)17-8-16/h1-4,7H,5-6H2. The van der Waals surface area contributed by atoms with E-state index in [0.717, 1.165) is 0 Å². The molecule has 1 aromatic heterocycles. The van der Waals surface area contributed by atoms with Crippen LogP contribution < -0.4 is 0 Å². The number of halogens is 1. The van der Waals surface area contributed by atoms with Crippen LogP contribution in [0.1, 0.15) is 10.5 Å². The average molecular weight is 316 g/mol. The van der Waals surface area contributed by atoms with Gasteiger partial charge in [-0.05, 0) is 12.1 Å². The third kappa shape index (κ3) is 2.58. The number of hydrogen-bond acceptors (Lipinski definition) is 6. The number of nitriles is 1. The molecular formula is C14H9FN4O2S. The molecule has 2 aromatic rings. The number of amides is 1. The molecule has 8 heteroatoms. The monoisotopic (exact) mass is 316 g/mol. The number of aromatic nitrogens is 1. The summed E-state index contributed by atoms with van der Waals surface area (Å²) in [5.41, 5.74) is 0.231. The number of thioether (sulfide) groups is 1. The molecule has 1 saturated heterocycles. The Balaban J connectivity index is 1.88. The molecule has 0 saturated carbocycles. The predicted molar refractivity (Wildman–Crippen MR) is 78.4 cm³/mol. The van der Waals surface area contributed by atoms with Gasteiger partial charge in [0.1, 0.15) is 12.1 Å². The van der Waals surface area contributed by atoms with Crippen LogP contribution in [0.15, 0.2) is 39.9 Å². The van der Waals surface area contributed by atoms with Crippen LogP contribution >= 0.6 is 11.8 Å². The van der Waals surface area contributed by atoms with Crippen molar-refractivity contribution in [3.63, 3.8) is 0 Å². The number of rotatable bonds is 2. The van der Waals surface area contributed by atoms with Crippen molar-refractivity contribution in [3.05, 3.63) is 42.0 Å². The largest absolute Gasteiger partial charge is 0.444 e. The highest BCUT2D eigenvalue weighted by Gasteiger charge is 2.29. The van der Waals surface area contributed by atoms with E-state index in [1.54, 1.807) is 18.3 Å². The molecule has 0 radical (unpaired) electrons. The minimum atomic E-state index is -0.480. The summed E-state index contributed by atoms with van der Waals surface area (Å²) < 4.78 is 18.9. The van der Waals surface area contributed by atoms with Gasteiger partial charge in [0, 0.05) is 12.3 Å². The Morgan fingerprint density at radius 2 is 2.32 bits per heavy atom. The molecule has 6 nitrogen and oxygen atoms in total. The zero-order chi connectivity index (χ0) is 15.5. The first-order valence-corrected chi connectivity index (χ1v) is 7.31. The maximum absolute atomic E-state index is 13.7. The number of oxazole rings is 1. The molecule has 1 aromatic carbocycles. The van der Waals surface area contributed by atoms with E-state index < -0.39 is 11.7 Å². The van der Waals surface area contributed by atoms with Gasteiger partial charge in [0.25, 0.3) is 5.91 Å². The van der Waals surface area contributed by atoms with Crippen molar-refractivity contribution in [2.45, 2.75) is 0 Å². The Labute approximate surface area is 129 Å². The van der Waals surface area contributed by atoms with E-state index in [4.69, 9.17) is 9.68 Å². The normalized spacial score (nSPS) is 16.0. The number of nitrogens with zero attached hydrogens (tertiary/aromatic N) is 4. The second-order valence-corrected chi connectivity index (χ2v) is 5.38. The molecule has 22 heavy (non-hydrogen) atoms. The lowest BCUT2D eigenvalue weighted by molar-refractivity contribution is 0.0854. The molecule has 0 unspecified atom stereocenters. The van der Waals surface area contributed by atoms with Crippen LogP contribution in [0.5, 0.6) is 0 Å². The highest BCUT2D eigenvalue weighted by atomic mass is 32.2. The van der Waals surface area contributed by atoms with E-state index in [2.05, 4.69) is 9.98 Å². The lowest BCUT2D eigenvalue weighted by Gasteiger charge is -2.12. The predicted octanol–water partition coefficient (Wildman–Crippen LogP) is 2.51. The van der Waals surface area contributed by atoms with Gasteiger partial charge in [-0.2, -0.15) is 5.26 Å². The summed E-state index contributed by atoms with van der Waals surface area (Å²) in [4.78, 5) is 21.4. The van der Waals surface area contributed by atoms with E-state index >= 15 is 0 Å². The Morgan fingerprint density at radius 3 is 3.09 bits per heavy atom. The molecule has 1 fully saturated rings. The Morgan fingerprint density at radius 1 is 1.50 bits per heavy atom. The van der Waals surface area contributed by atoms with E-state index in [1.165, 1.54) is 35.1 Å². The van der Waals surface area contributed by atoms with E-state index in [0.29, 0.717) is 17.5 Å². The zero-order valence-electron chi connectivity index (χ0n) is 11.2. The average Bonchev–Trinajstić information content (AvgIpc) is 3.17. The zero-order valence-corrected chi connectivity index (χ0v) is 12.0. The van der Waals surface area contributed by atoms with E-state index in [9.17, 15) is 9.18 Å². The molecule has 0 spiro atoms. The number of amidine groups is 1. The maximum atomic E-state index is 13.7. The Kier molecular flexibility index (Phi) is 3.89. The molecule has 0 aliphatic carbocycles. The lowest BCUT2D eigenvalue weighted by atomic mass is 10.2. The lowest BCUT2D eigenvalue weighted by Crippen LogP contribution is -2.31. The first-order valence-electron chi connectivity index (χ1n) is 6.32.